The van der Waals surface area contributed by atoms with Crippen LogP contribution in [0.4, 0.5) is 11.4 Å². The molecule has 13 nitrogen and oxygen atoms in total. The number of pyridine rings is 1. The van der Waals surface area contributed by atoms with Crippen molar-refractivity contribution in [1.29, 1.82) is 0 Å². The largest absolute Gasteiger partial charge is 0.369 e. The minimum atomic E-state index is -0.0722. The number of piperazine rings is 2. The number of carbonyl (C=O) groups is 1. The first-order valence-corrected chi connectivity index (χ1v) is 37.5. The third-order valence-corrected chi connectivity index (χ3v) is 15.2. The van der Waals surface area contributed by atoms with Crippen LogP contribution in [0.2, 0.25) is 0 Å². The number of hydrogen-bond donors (Lipinski definition) is 4. The van der Waals surface area contributed by atoms with E-state index in [1.807, 2.05) is 16.9 Å². The predicted octanol–water partition coefficient (Wildman–Crippen LogP) is 20.2. The summed E-state index contributed by atoms with van der Waals surface area (Å²) in [5.41, 5.74) is 12.6. The zero-order chi connectivity index (χ0) is 77.9. The molecule has 0 spiro atoms. The van der Waals surface area contributed by atoms with Gasteiger partial charge in [-0.2, -0.15) is 73.8 Å². The third-order valence-electron chi connectivity index (χ3n) is 15.2. The molecule has 17 heteroatoms. The van der Waals surface area contributed by atoms with Gasteiger partial charge in [-0.3, -0.25) is 9.48 Å². The van der Waals surface area contributed by atoms with E-state index in [9.17, 15) is 9.59 Å². The number of aryl methyl sites for hydroxylation is 1. The standard InChI is InChI=1S/C19H25N2O.C18H28N3O.C18H30N3.C18H26N3.C4H10.3C4H9.4Y/c1-6-21-12-11-17(13-18(21)22)16-9-7-15(8-10-16)14(2)20-19(3,4)5;1-14(19-18(3,4)5)16-6-8-17(9-7-16)21-12-10-20(11-13-21)15(2)22;1-6-20-11-13-21(14-12-20)17-9-7-16(8-10-17)15(2)19-18(3,4)5;1-6-11-21-13-17(12-19-21)16-9-7-15(8-10-16)14(2)20-18(3,4)5;4*1-4(2)3;;;;/h7-14,20H,1,6H2,2-5H3;6-9,14,19H,2,10-13H2,1,3-5H3;7-10,15,19H,1,6,11-14H2,2-5H3;7-10,12-14,20H,1,6,11H2,2-5H3;4H,1-3H3;3*1-3H3;;;;/q4*-1;;3*-1;;;;/t2*14-;15-;14-;;;;;;;;/m1110......../s1. The number of nitrogens with zero attached hydrogens (tertiary/aromatic N) is 7. The second-order valence-electron chi connectivity index (χ2n) is 33.6. The smallest absolute Gasteiger partial charge is 0.248 e. The van der Waals surface area contributed by atoms with Crippen LogP contribution in [0.5, 0.6) is 0 Å². The molecule has 4 atom stereocenters. The van der Waals surface area contributed by atoms with Crippen LogP contribution in [0, 0.1) is 51.4 Å². The number of carbonyl (C=O) groups excluding carboxylic acids is 1. The van der Waals surface area contributed by atoms with Gasteiger partial charge in [0.05, 0.1) is 12.1 Å². The average Bonchev–Trinajstić information content (AvgIpc) is 1.48. The van der Waals surface area contributed by atoms with Gasteiger partial charge in [0.2, 0.25) is 5.56 Å². The minimum absolute atomic E-state index is 0. The maximum absolute atomic E-state index is 11.9. The summed E-state index contributed by atoms with van der Waals surface area (Å²) in [5, 5.41) is 18.7. The molecule has 4 N–H and O–H groups in total. The van der Waals surface area contributed by atoms with Gasteiger partial charge in [0.15, 0.2) is 0 Å². The van der Waals surface area contributed by atoms with Gasteiger partial charge in [-0.1, -0.05) is 93.6 Å². The molecule has 4 heterocycles. The van der Waals surface area contributed by atoms with Gasteiger partial charge in [0.25, 0.3) is 0 Å². The van der Waals surface area contributed by atoms with E-state index in [0.717, 1.165) is 94.5 Å². The molecule has 0 bridgehead atoms. The zero-order valence-electron chi connectivity index (χ0n) is 72.1. The molecule has 0 saturated carbocycles. The Bertz CT molecular complexity index is 3180. The first kappa shape index (κ1) is 111. The van der Waals surface area contributed by atoms with Crippen molar-refractivity contribution in [3.05, 3.63) is 206 Å². The number of benzene rings is 4. The molecule has 106 heavy (non-hydrogen) atoms. The molecular formula is C89H146N11O2Y4-7. The van der Waals surface area contributed by atoms with Crippen LogP contribution in [0.25, 0.3) is 22.3 Å². The number of rotatable bonds is 16. The Kier molecular flexibility index (Phi) is 58.8. The number of hydrogen-bond acceptors (Lipinski definition) is 10. The Morgan fingerprint density at radius 3 is 1.00 bits per heavy atom. The second kappa shape index (κ2) is 56.4. The fraction of sp³-hybridized carbons (Fsp3) is 0.551. The summed E-state index contributed by atoms with van der Waals surface area (Å²) in [5.74, 6) is 5.01. The molecule has 0 unspecified atom stereocenters. The van der Waals surface area contributed by atoms with E-state index in [4.69, 9.17) is 0 Å². The van der Waals surface area contributed by atoms with Crippen LogP contribution in [0.1, 0.15) is 247 Å². The number of aromatic nitrogens is 3. The first-order chi connectivity index (χ1) is 47.3. The van der Waals surface area contributed by atoms with Gasteiger partial charge >= 0.3 is 0 Å². The molecule has 2 fully saturated rings. The fourth-order valence-electron chi connectivity index (χ4n) is 10.9. The first-order valence-electron chi connectivity index (χ1n) is 37.5. The van der Waals surface area contributed by atoms with Crippen molar-refractivity contribution < 1.29 is 136 Å². The Morgan fingerprint density at radius 2 is 0.736 bits per heavy atom. The maximum Gasteiger partial charge on any atom is 0.248 e. The van der Waals surface area contributed by atoms with E-state index in [0.29, 0.717) is 24.7 Å². The van der Waals surface area contributed by atoms with Crippen LogP contribution in [0.15, 0.2) is 133 Å². The Morgan fingerprint density at radius 1 is 0.443 bits per heavy atom. The van der Waals surface area contributed by atoms with Crippen molar-refractivity contribution in [2.24, 2.45) is 5.92 Å². The molecule has 8 rings (SSSR count). The zero-order valence-corrected chi connectivity index (χ0v) is 83.4. The maximum atomic E-state index is 11.9. The second-order valence-corrected chi connectivity index (χ2v) is 33.6. The molecule has 588 valence electrons. The third kappa shape index (κ3) is 51.0. The molecule has 4 aromatic carbocycles. The van der Waals surface area contributed by atoms with E-state index in [1.165, 1.54) is 56.9 Å². The summed E-state index contributed by atoms with van der Waals surface area (Å²) in [6.07, 6.45) is 6.65. The fourth-order valence-corrected chi connectivity index (χ4v) is 10.9. The summed E-state index contributed by atoms with van der Waals surface area (Å²) < 4.78 is 3.53. The Labute approximate surface area is 752 Å². The van der Waals surface area contributed by atoms with Crippen molar-refractivity contribution in [1.82, 2.24) is 45.4 Å². The Balaban J connectivity index is -0.000000603. The summed E-state index contributed by atoms with van der Waals surface area (Å²) >= 11 is 0. The summed E-state index contributed by atoms with van der Waals surface area (Å²) in [6.45, 7) is 85.2. The molecule has 2 aromatic heterocycles. The summed E-state index contributed by atoms with van der Waals surface area (Å²) in [4.78, 5) is 32.2. The van der Waals surface area contributed by atoms with Crippen LogP contribution in [-0.2, 0) is 149 Å². The van der Waals surface area contributed by atoms with Gasteiger partial charge in [0, 0.05) is 271 Å². The summed E-state index contributed by atoms with van der Waals surface area (Å²) in [7, 11) is 0. The predicted molar refractivity (Wildman–Crippen MR) is 447 cm³/mol. The molecule has 0 aliphatic carbocycles. The summed E-state index contributed by atoms with van der Waals surface area (Å²) in [6, 6.07) is 39.8. The SMILES string of the molecule is CC(C)C.C[C-](C)C.C[C-](C)C.C[C-](C)C.[CH2-]C(=O)N1CCN(c2ccc([C@@H](C)NC(C)(C)C)cc2)CC1.[CH2-]CCn1cc(-c2ccc([C@H](C)NC(C)(C)C)cc2)cn1.[CH2-]CN1CCN(c2ccc([C@@H](C)NC(C)(C)C)cc2)CC1.[CH2-]Cn1ccc(-c2ccc([C@@H](C)NC(C)(C)C)cc2)cc1=O.[Y].[Y].[Y].[Y]. The molecule has 2 aliphatic heterocycles. The quantitative estimate of drug-likeness (QED) is 0.0698. The van der Waals surface area contributed by atoms with Crippen LogP contribution in [0.3, 0.4) is 0 Å². The van der Waals surface area contributed by atoms with Gasteiger partial charge in [-0.15, -0.1) is 13.1 Å². The van der Waals surface area contributed by atoms with Gasteiger partial charge in [-0.25, -0.2) is 0 Å². The molecule has 6 aromatic rings. The minimum Gasteiger partial charge on any atom is -0.369 e. The van der Waals surface area contributed by atoms with Crippen molar-refractivity contribution in [2.75, 3.05) is 68.7 Å². The van der Waals surface area contributed by atoms with Crippen molar-refractivity contribution in [3.63, 3.8) is 0 Å². The molecule has 2 aliphatic rings. The number of anilines is 2. The van der Waals surface area contributed by atoms with Crippen molar-refractivity contribution in [2.45, 2.75) is 260 Å². The van der Waals surface area contributed by atoms with E-state index >= 15 is 0 Å². The van der Waals surface area contributed by atoms with Crippen LogP contribution >= 0.6 is 0 Å². The van der Waals surface area contributed by atoms with Gasteiger partial charge in [-0.05, 0) is 186 Å². The molecule has 4 radical (unpaired) electrons. The normalized spacial score (nSPS) is 14.1. The van der Waals surface area contributed by atoms with E-state index < -0.39 is 0 Å². The molecule has 1 amide bonds. The van der Waals surface area contributed by atoms with Crippen molar-refractivity contribution in [3.8, 4) is 22.3 Å². The topological polar surface area (TPSA) is 118 Å². The monoisotopic (exact) mass is 1760 g/mol. The number of amides is 1. The van der Waals surface area contributed by atoms with E-state index in [-0.39, 0.29) is 171 Å². The molecule has 2 saturated heterocycles. The van der Waals surface area contributed by atoms with Gasteiger partial charge in [0.1, 0.15) is 0 Å². The van der Waals surface area contributed by atoms with Crippen molar-refractivity contribution >= 4 is 17.3 Å². The number of nitrogens with one attached hydrogen (secondary N) is 4. The Hall–Kier alpha value is -1.80. The van der Waals surface area contributed by atoms with E-state index in [2.05, 4.69) is 366 Å². The average molecular weight is 1760 g/mol. The van der Waals surface area contributed by atoms with Crippen LogP contribution in [-0.4, -0.2) is 111 Å². The molecular weight excluding hydrogens is 1610 g/mol. The van der Waals surface area contributed by atoms with E-state index in [1.54, 1.807) is 21.7 Å². The van der Waals surface area contributed by atoms with Gasteiger partial charge < -0.3 is 95.7 Å². The van der Waals surface area contributed by atoms with Crippen LogP contribution < -0.4 is 36.6 Å².